The maximum absolute atomic E-state index is 12.1. The van der Waals surface area contributed by atoms with Crippen LogP contribution in [0, 0.1) is 0 Å². The number of morpholine rings is 1. The molecule has 150 valence electrons. The van der Waals surface area contributed by atoms with Crippen LogP contribution in [0.5, 0.6) is 0 Å². The number of hydrogen-bond acceptors (Lipinski definition) is 7. The van der Waals surface area contributed by atoms with Crippen LogP contribution in [0.1, 0.15) is 44.1 Å². The van der Waals surface area contributed by atoms with E-state index in [-0.39, 0.29) is 12.5 Å². The number of hydrogen-bond donors (Lipinski definition) is 1. The quantitative estimate of drug-likeness (QED) is 0.809. The lowest BCUT2D eigenvalue weighted by molar-refractivity contribution is -0.168. The fourth-order valence-electron chi connectivity index (χ4n) is 4.31. The third-order valence-corrected chi connectivity index (χ3v) is 5.93. The van der Waals surface area contributed by atoms with Gasteiger partial charge in [-0.05, 0) is 56.2 Å². The van der Waals surface area contributed by atoms with E-state index in [0.29, 0.717) is 12.8 Å². The van der Waals surface area contributed by atoms with Gasteiger partial charge in [0.15, 0.2) is 5.60 Å². The van der Waals surface area contributed by atoms with E-state index >= 15 is 0 Å². The summed E-state index contributed by atoms with van der Waals surface area (Å²) in [5.41, 5.74) is 1.92. The molecule has 0 bridgehead atoms. The average Bonchev–Trinajstić information content (AvgIpc) is 2.74. The molecule has 2 heterocycles. The summed E-state index contributed by atoms with van der Waals surface area (Å²) in [4.78, 5) is 23.2. The molecule has 1 aromatic carbocycles. The predicted octanol–water partition coefficient (Wildman–Crippen LogP) is 2.42. The van der Waals surface area contributed by atoms with E-state index in [1.165, 1.54) is 5.56 Å². The molecule has 4 rings (SSSR count). The van der Waals surface area contributed by atoms with Gasteiger partial charge in [-0.1, -0.05) is 0 Å². The fraction of sp³-hybridized carbons (Fsp3) is 0.571. The van der Waals surface area contributed by atoms with Crippen LogP contribution in [0.2, 0.25) is 0 Å². The van der Waals surface area contributed by atoms with Crippen molar-refractivity contribution in [1.82, 2.24) is 9.97 Å². The second-order valence-electron chi connectivity index (χ2n) is 7.62. The zero-order valence-corrected chi connectivity index (χ0v) is 16.3. The van der Waals surface area contributed by atoms with Gasteiger partial charge < -0.3 is 19.5 Å². The molecule has 1 N–H and O–H groups in total. The number of fused-ring (bicyclic) bond motifs is 1. The Labute approximate surface area is 164 Å². The molecule has 7 heteroatoms. The van der Waals surface area contributed by atoms with Crippen LogP contribution in [-0.4, -0.2) is 59.6 Å². The van der Waals surface area contributed by atoms with Gasteiger partial charge in [0.2, 0.25) is 0 Å². The first-order chi connectivity index (χ1) is 13.6. The molecule has 0 unspecified atom stereocenters. The molecule has 0 atom stereocenters. The third-order valence-electron chi connectivity index (χ3n) is 5.93. The molecule has 7 nitrogen and oxygen atoms in total. The fourth-order valence-corrected chi connectivity index (χ4v) is 4.31. The van der Waals surface area contributed by atoms with Gasteiger partial charge in [-0.3, -0.25) is 0 Å². The normalized spacial score (nSPS) is 25.6. The summed E-state index contributed by atoms with van der Waals surface area (Å²) in [5, 5.41) is 11.7. The number of benzene rings is 1. The molecular weight excluding hydrogens is 358 g/mol. The smallest absolute Gasteiger partial charge is 0.338 e. The van der Waals surface area contributed by atoms with E-state index in [1.54, 1.807) is 13.3 Å². The van der Waals surface area contributed by atoms with Crippen molar-refractivity contribution in [3.63, 3.8) is 0 Å². The maximum atomic E-state index is 12.1. The summed E-state index contributed by atoms with van der Waals surface area (Å²) >= 11 is 0. The van der Waals surface area contributed by atoms with Gasteiger partial charge in [0.05, 0.1) is 25.3 Å². The summed E-state index contributed by atoms with van der Waals surface area (Å²) in [6.07, 6.45) is 5.72. The Kier molecular flexibility index (Phi) is 5.46. The van der Waals surface area contributed by atoms with Crippen LogP contribution < -0.4 is 4.90 Å². The number of anilines is 1. The van der Waals surface area contributed by atoms with E-state index in [2.05, 4.69) is 27.0 Å². The number of carbonyl (C=O) groups is 1. The predicted molar refractivity (Wildman–Crippen MR) is 105 cm³/mol. The van der Waals surface area contributed by atoms with Crippen molar-refractivity contribution in [2.45, 2.75) is 44.1 Å². The molecule has 1 aliphatic carbocycles. The number of rotatable bonds is 4. The Balaban J connectivity index is 1.62. The van der Waals surface area contributed by atoms with Crippen molar-refractivity contribution in [3.05, 3.63) is 30.2 Å². The topological polar surface area (TPSA) is 84.8 Å². The van der Waals surface area contributed by atoms with Crippen LogP contribution in [0.15, 0.2) is 24.7 Å². The number of aromatic nitrogens is 2. The molecule has 0 amide bonds. The molecule has 1 aliphatic heterocycles. The van der Waals surface area contributed by atoms with E-state index in [4.69, 9.17) is 9.47 Å². The Morgan fingerprint density at radius 1 is 1.32 bits per heavy atom. The molecule has 0 radical (unpaired) electrons. The molecule has 1 aromatic heterocycles. The van der Waals surface area contributed by atoms with E-state index < -0.39 is 11.6 Å². The highest BCUT2D eigenvalue weighted by molar-refractivity contribution is 5.86. The van der Waals surface area contributed by atoms with E-state index in [1.807, 2.05) is 6.20 Å². The summed E-state index contributed by atoms with van der Waals surface area (Å²) in [7, 11) is 0. The van der Waals surface area contributed by atoms with Gasteiger partial charge in [0, 0.05) is 30.4 Å². The summed E-state index contributed by atoms with van der Waals surface area (Å²) in [5.74, 6) is -0.243. The SMILES string of the molecule is CCOC(=O)C1(O)CCC(c2cc(N3CCOCC3)cc3ncncc23)CC1. The molecule has 0 spiro atoms. The van der Waals surface area contributed by atoms with Gasteiger partial charge in [0.1, 0.15) is 6.33 Å². The number of aliphatic hydroxyl groups is 1. The molecule has 1 saturated heterocycles. The van der Waals surface area contributed by atoms with Crippen molar-refractivity contribution in [3.8, 4) is 0 Å². The third kappa shape index (κ3) is 3.69. The molecule has 2 fully saturated rings. The first-order valence-corrected chi connectivity index (χ1v) is 10.1. The zero-order chi connectivity index (χ0) is 19.6. The summed E-state index contributed by atoms with van der Waals surface area (Å²) in [6.45, 7) is 5.23. The molecule has 2 aliphatic rings. The average molecular weight is 385 g/mol. The van der Waals surface area contributed by atoms with Crippen molar-refractivity contribution in [1.29, 1.82) is 0 Å². The Bertz CT molecular complexity index is 843. The van der Waals surface area contributed by atoms with E-state index in [9.17, 15) is 9.90 Å². The zero-order valence-electron chi connectivity index (χ0n) is 16.3. The minimum atomic E-state index is -1.36. The minimum absolute atomic E-state index is 0.254. The van der Waals surface area contributed by atoms with Crippen molar-refractivity contribution >= 4 is 22.6 Å². The van der Waals surface area contributed by atoms with Crippen LogP contribution >= 0.6 is 0 Å². The number of ether oxygens (including phenoxy) is 2. The van der Waals surface area contributed by atoms with Crippen molar-refractivity contribution < 1.29 is 19.4 Å². The summed E-state index contributed by atoms with van der Waals surface area (Å²) in [6, 6.07) is 4.35. The lowest BCUT2D eigenvalue weighted by atomic mass is 9.75. The Morgan fingerprint density at radius 3 is 2.79 bits per heavy atom. The lowest BCUT2D eigenvalue weighted by Crippen LogP contribution is -2.43. The molecule has 2 aromatic rings. The van der Waals surface area contributed by atoms with Gasteiger partial charge in [-0.25, -0.2) is 14.8 Å². The highest BCUT2D eigenvalue weighted by Gasteiger charge is 2.41. The Hall–Kier alpha value is -2.25. The van der Waals surface area contributed by atoms with Gasteiger partial charge in [-0.2, -0.15) is 0 Å². The van der Waals surface area contributed by atoms with Crippen LogP contribution in [0.25, 0.3) is 10.9 Å². The monoisotopic (exact) mass is 385 g/mol. The van der Waals surface area contributed by atoms with Gasteiger partial charge >= 0.3 is 5.97 Å². The van der Waals surface area contributed by atoms with Crippen molar-refractivity contribution in [2.75, 3.05) is 37.8 Å². The van der Waals surface area contributed by atoms with Crippen LogP contribution in [-0.2, 0) is 14.3 Å². The second-order valence-corrected chi connectivity index (χ2v) is 7.62. The number of carbonyl (C=O) groups excluding carboxylic acids is 1. The first kappa shape index (κ1) is 19.1. The summed E-state index contributed by atoms with van der Waals surface area (Å²) < 4.78 is 10.5. The number of nitrogens with zero attached hydrogens (tertiary/aromatic N) is 3. The highest BCUT2D eigenvalue weighted by atomic mass is 16.5. The first-order valence-electron chi connectivity index (χ1n) is 10.1. The minimum Gasteiger partial charge on any atom is -0.464 e. The van der Waals surface area contributed by atoms with Gasteiger partial charge in [-0.15, -0.1) is 0 Å². The molecular formula is C21H27N3O4. The Morgan fingerprint density at radius 2 is 2.07 bits per heavy atom. The highest BCUT2D eigenvalue weighted by Crippen LogP contribution is 2.42. The van der Waals surface area contributed by atoms with Crippen LogP contribution in [0.3, 0.4) is 0 Å². The largest absolute Gasteiger partial charge is 0.464 e. The van der Waals surface area contributed by atoms with E-state index in [0.717, 1.165) is 55.7 Å². The van der Waals surface area contributed by atoms with Crippen molar-refractivity contribution in [2.24, 2.45) is 0 Å². The lowest BCUT2D eigenvalue weighted by Gasteiger charge is -2.35. The standard InChI is InChI=1S/C21H27N3O4/c1-2-28-20(25)21(26)5-3-15(4-6-21)17-11-16(24-7-9-27-10-8-24)12-19-18(17)13-22-14-23-19/h11-15,26H,2-10H2,1H3. The number of esters is 1. The maximum Gasteiger partial charge on any atom is 0.338 e. The molecule has 28 heavy (non-hydrogen) atoms. The molecule has 1 saturated carbocycles. The van der Waals surface area contributed by atoms with Crippen LogP contribution in [0.4, 0.5) is 5.69 Å². The van der Waals surface area contributed by atoms with Gasteiger partial charge in [0.25, 0.3) is 0 Å². The second kappa shape index (κ2) is 8.01.